The molecule has 2 aliphatic heterocycles. The molecule has 2 fully saturated rings. The molecule has 1 atom stereocenters. The normalized spacial score (nSPS) is 16.9. The number of ether oxygens (including phenoxy) is 2. The van der Waals surface area contributed by atoms with Crippen molar-refractivity contribution in [2.45, 2.75) is 77.9 Å². The molecule has 0 aromatic heterocycles. The Hall–Kier alpha value is -3.96. The average molecular weight is 615 g/mol. The first-order valence-corrected chi connectivity index (χ1v) is 15.3. The standard InChI is InChI=1S/C32H46N4O8/c1-22-25(30(41)36(21-38)26(9-7-19-37)29(40)33-5)8-6-10-27(22)43-20-28(39)34-15-11-23(12-16-34)24-13-17-35(18-14-24)31(42)44-32(2,3)4/h6,8,10,19,21,23-24,26H,7,9,11-18,20H2,1-5H3,(H,33,40). The topological polar surface area (TPSA) is 143 Å². The van der Waals surface area contributed by atoms with Gasteiger partial charge in [0.15, 0.2) is 6.61 Å². The molecule has 1 aromatic rings. The van der Waals surface area contributed by atoms with Gasteiger partial charge in [-0.1, -0.05) is 6.07 Å². The van der Waals surface area contributed by atoms with Gasteiger partial charge in [0, 0.05) is 50.8 Å². The summed E-state index contributed by atoms with van der Waals surface area (Å²) in [7, 11) is 1.39. The first-order chi connectivity index (χ1) is 20.9. The van der Waals surface area contributed by atoms with Gasteiger partial charge in [-0.15, -0.1) is 0 Å². The molecule has 0 spiro atoms. The van der Waals surface area contributed by atoms with Gasteiger partial charge in [-0.2, -0.15) is 0 Å². The molecule has 2 aliphatic rings. The SMILES string of the molecule is CNC(=O)C(CCC=O)N(C=O)C(=O)c1cccc(OCC(=O)N2CCC(C3CCN(C(=O)OC(C)(C)C)CC3)CC2)c1C. The number of amides is 5. The van der Waals surface area contributed by atoms with Gasteiger partial charge < -0.3 is 29.4 Å². The van der Waals surface area contributed by atoms with E-state index in [-0.39, 0.29) is 43.4 Å². The van der Waals surface area contributed by atoms with Crippen LogP contribution in [0.1, 0.15) is 75.2 Å². The second-order valence-electron chi connectivity index (χ2n) is 12.4. The molecule has 0 radical (unpaired) electrons. The number of nitrogens with one attached hydrogen (secondary N) is 1. The number of carbonyl (C=O) groups excluding carboxylic acids is 6. The molecule has 5 amide bonds. The van der Waals surface area contributed by atoms with Crippen LogP contribution in [0.4, 0.5) is 4.79 Å². The Bertz CT molecular complexity index is 1200. The average Bonchev–Trinajstić information content (AvgIpc) is 3.01. The summed E-state index contributed by atoms with van der Waals surface area (Å²) in [6, 6.07) is 3.61. The molecule has 0 bridgehead atoms. The summed E-state index contributed by atoms with van der Waals surface area (Å²) in [5, 5.41) is 2.43. The van der Waals surface area contributed by atoms with Gasteiger partial charge in [-0.3, -0.25) is 24.1 Å². The van der Waals surface area contributed by atoms with Crippen molar-refractivity contribution in [3.63, 3.8) is 0 Å². The Balaban J connectivity index is 1.53. The lowest BCUT2D eigenvalue weighted by molar-refractivity contribution is -0.135. The highest BCUT2D eigenvalue weighted by Gasteiger charge is 2.34. The van der Waals surface area contributed by atoms with Crippen LogP contribution >= 0.6 is 0 Å². The number of rotatable bonds is 11. The van der Waals surface area contributed by atoms with Crippen LogP contribution in [0.2, 0.25) is 0 Å². The van der Waals surface area contributed by atoms with E-state index in [0.717, 1.165) is 30.6 Å². The van der Waals surface area contributed by atoms with Gasteiger partial charge in [0.25, 0.3) is 11.8 Å². The highest BCUT2D eigenvalue weighted by Crippen LogP contribution is 2.33. The molecule has 12 nitrogen and oxygen atoms in total. The Morgan fingerprint density at radius 2 is 1.59 bits per heavy atom. The molecule has 44 heavy (non-hydrogen) atoms. The number of likely N-dealkylation sites (N-methyl/N-ethyl adjacent to an activating group) is 1. The maximum Gasteiger partial charge on any atom is 0.410 e. The Kier molecular flexibility index (Phi) is 12.3. The number of nitrogens with zero attached hydrogens (tertiary/aromatic N) is 3. The molecule has 1 N–H and O–H groups in total. The minimum absolute atomic E-state index is 0.000636. The summed E-state index contributed by atoms with van der Waals surface area (Å²) in [6.07, 6.45) is 4.30. The van der Waals surface area contributed by atoms with Crippen molar-refractivity contribution in [1.82, 2.24) is 20.0 Å². The molecule has 242 valence electrons. The lowest BCUT2D eigenvalue weighted by Gasteiger charge is -2.40. The first-order valence-electron chi connectivity index (χ1n) is 15.3. The van der Waals surface area contributed by atoms with Gasteiger partial charge in [-0.25, -0.2) is 4.79 Å². The monoisotopic (exact) mass is 614 g/mol. The van der Waals surface area contributed by atoms with E-state index < -0.39 is 23.5 Å². The molecule has 1 aromatic carbocycles. The van der Waals surface area contributed by atoms with Crippen molar-refractivity contribution in [1.29, 1.82) is 0 Å². The molecule has 3 rings (SSSR count). The molecule has 2 saturated heterocycles. The molecular weight excluding hydrogens is 568 g/mol. The smallest absolute Gasteiger partial charge is 0.410 e. The van der Waals surface area contributed by atoms with Crippen LogP contribution in [0.25, 0.3) is 0 Å². The minimum Gasteiger partial charge on any atom is -0.483 e. The number of carbonyl (C=O) groups is 6. The fraction of sp³-hybridized carbons (Fsp3) is 0.625. The summed E-state index contributed by atoms with van der Waals surface area (Å²) in [6.45, 7) is 9.68. The zero-order chi connectivity index (χ0) is 32.4. The largest absolute Gasteiger partial charge is 0.483 e. The van der Waals surface area contributed by atoms with Gasteiger partial charge in [0.05, 0.1) is 0 Å². The number of imide groups is 1. The quantitative estimate of drug-likeness (QED) is 0.375. The third-order valence-corrected chi connectivity index (χ3v) is 8.41. The summed E-state index contributed by atoms with van der Waals surface area (Å²) in [5.74, 6) is -0.0756. The van der Waals surface area contributed by atoms with Crippen LogP contribution < -0.4 is 10.1 Å². The van der Waals surface area contributed by atoms with Crippen molar-refractivity contribution >= 4 is 36.5 Å². The van der Waals surface area contributed by atoms with E-state index in [0.29, 0.717) is 55.6 Å². The van der Waals surface area contributed by atoms with E-state index in [2.05, 4.69) is 5.32 Å². The third kappa shape index (κ3) is 9.03. The van der Waals surface area contributed by atoms with E-state index in [4.69, 9.17) is 9.47 Å². The molecule has 1 unspecified atom stereocenters. The van der Waals surface area contributed by atoms with Crippen LogP contribution in [-0.4, -0.2) is 103 Å². The highest BCUT2D eigenvalue weighted by atomic mass is 16.6. The maximum atomic E-state index is 13.3. The fourth-order valence-corrected chi connectivity index (χ4v) is 5.92. The van der Waals surface area contributed by atoms with E-state index in [9.17, 15) is 28.8 Å². The Morgan fingerprint density at radius 1 is 1.00 bits per heavy atom. The molecule has 2 heterocycles. The van der Waals surface area contributed by atoms with Crippen molar-refractivity contribution in [3.05, 3.63) is 29.3 Å². The molecular formula is C32H46N4O8. The van der Waals surface area contributed by atoms with Gasteiger partial charge in [0.1, 0.15) is 23.7 Å². The fourth-order valence-electron chi connectivity index (χ4n) is 5.92. The molecule has 0 saturated carbocycles. The number of aldehydes is 1. The van der Waals surface area contributed by atoms with Crippen LogP contribution in [0.5, 0.6) is 5.75 Å². The summed E-state index contributed by atoms with van der Waals surface area (Å²) >= 11 is 0. The van der Waals surface area contributed by atoms with Crippen molar-refractivity contribution in [2.24, 2.45) is 11.8 Å². The molecule has 0 aliphatic carbocycles. The lowest BCUT2D eigenvalue weighted by atomic mass is 9.79. The summed E-state index contributed by atoms with van der Waals surface area (Å²) < 4.78 is 11.3. The summed E-state index contributed by atoms with van der Waals surface area (Å²) in [5.41, 5.74) is 0.0728. The maximum absolute atomic E-state index is 13.3. The van der Waals surface area contributed by atoms with Crippen LogP contribution in [0, 0.1) is 18.8 Å². The van der Waals surface area contributed by atoms with E-state index >= 15 is 0 Å². The van der Waals surface area contributed by atoms with Crippen molar-refractivity contribution in [2.75, 3.05) is 39.8 Å². The van der Waals surface area contributed by atoms with E-state index in [1.165, 1.54) is 13.1 Å². The minimum atomic E-state index is -1.14. The predicted octanol–water partition coefficient (Wildman–Crippen LogP) is 2.95. The van der Waals surface area contributed by atoms with Crippen LogP contribution in [0.15, 0.2) is 18.2 Å². The number of hydrogen-bond donors (Lipinski definition) is 1. The van der Waals surface area contributed by atoms with Crippen molar-refractivity contribution < 1.29 is 38.2 Å². The van der Waals surface area contributed by atoms with E-state index in [1.54, 1.807) is 28.9 Å². The third-order valence-electron chi connectivity index (χ3n) is 8.41. The van der Waals surface area contributed by atoms with Crippen molar-refractivity contribution in [3.8, 4) is 5.75 Å². The molecule has 12 heteroatoms. The van der Waals surface area contributed by atoms with Gasteiger partial charge in [0.2, 0.25) is 12.3 Å². The zero-order valence-corrected chi connectivity index (χ0v) is 26.5. The lowest BCUT2D eigenvalue weighted by Crippen LogP contribution is -2.48. The Morgan fingerprint density at radius 3 is 2.11 bits per heavy atom. The number of piperidine rings is 2. The highest BCUT2D eigenvalue weighted by molar-refractivity contribution is 6.04. The second kappa shape index (κ2) is 15.7. The van der Waals surface area contributed by atoms with Crippen LogP contribution in [-0.2, 0) is 23.9 Å². The first kappa shape index (κ1) is 34.5. The van der Waals surface area contributed by atoms with Gasteiger partial charge >= 0.3 is 6.09 Å². The number of likely N-dealkylation sites (tertiary alicyclic amines) is 2. The Labute approximate surface area is 259 Å². The zero-order valence-electron chi connectivity index (χ0n) is 26.5. The number of hydrogen-bond acceptors (Lipinski definition) is 8. The van der Waals surface area contributed by atoms with Gasteiger partial charge in [-0.05, 0) is 83.8 Å². The van der Waals surface area contributed by atoms with E-state index in [1.807, 2.05) is 20.8 Å². The summed E-state index contributed by atoms with van der Waals surface area (Å²) in [4.78, 5) is 78.2. The second-order valence-corrected chi connectivity index (χ2v) is 12.4. The van der Waals surface area contributed by atoms with Crippen LogP contribution in [0.3, 0.4) is 0 Å². The number of benzene rings is 1. The predicted molar refractivity (Wildman–Crippen MR) is 162 cm³/mol.